The lowest BCUT2D eigenvalue weighted by atomic mass is 10.2. The highest BCUT2D eigenvalue weighted by Crippen LogP contribution is 2.33. The zero-order valence-corrected chi connectivity index (χ0v) is 13.1. The zero-order valence-electron chi connectivity index (χ0n) is 11.5. The molecule has 1 rings (SSSR count). The van der Waals surface area contributed by atoms with E-state index in [1.54, 1.807) is 6.92 Å². The Bertz CT molecular complexity index is 552. The summed E-state index contributed by atoms with van der Waals surface area (Å²) < 4.78 is 42.1. The van der Waals surface area contributed by atoms with Crippen molar-refractivity contribution in [2.75, 3.05) is 23.4 Å². The molecule has 0 spiro atoms. The number of hydrogen-bond donors (Lipinski definition) is 1. The molecule has 122 valence electrons. The first kappa shape index (κ1) is 18.6. The van der Waals surface area contributed by atoms with Crippen molar-refractivity contribution in [3.8, 4) is 0 Å². The molecule has 0 aliphatic carbocycles. The summed E-state index contributed by atoms with van der Waals surface area (Å²) in [6.45, 7) is 1.93. The highest BCUT2D eigenvalue weighted by atomic mass is 35.5. The quantitative estimate of drug-likeness (QED) is 0.792. The van der Waals surface area contributed by atoms with Crippen LogP contribution in [0.3, 0.4) is 0 Å². The fraction of sp³-hybridized carbons (Fsp3) is 0.385. The van der Waals surface area contributed by atoms with Gasteiger partial charge in [0.05, 0.1) is 34.4 Å². The van der Waals surface area contributed by atoms with Crippen LogP contribution in [0.4, 0.5) is 18.9 Å². The van der Waals surface area contributed by atoms with E-state index < -0.39 is 23.6 Å². The number of halogens is 4. The molecule has 0 aliphatic rings. The number of benzene rings is 1. The van der Waals surface area contributed by atoms with Gasteiger partial charge in [-0.2, -0.15) is 13.2 Å². The average molecular weight is 356 g/mol. The lowest BCUT2D eigenvalue weighted by Gasteiger charge is -2.11. The molecule has 0 bridgehead atoms. The lowest BCUT2D eigenvalue weighted by molar-refractivity contribution is -0.140. The molecular weight excluding hydrogens is 343 g/mol. The van der Waals surface area contributed by atoms with Gasteiger partial charge in [0, 0.05) is 0 Å². The van der Waals surface area contributed by atoms with Crippen molar-refractivity contribution in [2.24, 2.45) is 0 Å². The normalized spacial score (nSPS) is 11.1. The van der Waals surface area contributed by atoms with Gasteiger partial charge in [0.1, 0.15) is 0 Å². The molecule has 0 aromatic heterocycles. The van der Waals surface area contributed by atoms with E-state index in [0.717, 1.165) is 30.0 Å². The minimum Gasteiger partial charge on any atom is -0.465 e. The number of anilines is 1. The van der Waals surface area contributed by atoms with Gasteiger partial charge in [-0.25, -0.2) is 0 Å². The molecule has 0 fully saturated rings. The van der Waals surface area contributed by atoms with Crippen molar-refractivity contribution < 1.29 is 27.5 Å². The van der Waals surface area contributed by atoms with Crippen LogP contribution < -0.4 is 5.32 Å². The van der Waals surface area contributed by atoms with E-state index in [2.05, 4.69) is 10.1 Å². The van der Waals surface area contributed by atoms with Crippen LogP contribution in [0.1, 0.15) is 12.5 Å². The van der Waals surface area contributed by atoms with Crippen LogP contribution in [0.2, 0.25) is 5.02 Å². The van der Waals surface area contributed by atoms with E-state index in [4.69, 9.17) is 11.6 Å². The first-order valence-corrected chi connectivity index (χ1v) is 7.67. The van der Waals surface area contributed by atoms with Gasteiger partial charge in [-0.15, -0.1) is 11.8 Å². The van der Waals surface area contributed by atoms with E-state index in [1.165, 1.54) is 0 Å². The molecule has 22 heavy (non-hydrogen) atoms. The summed E-state index contributed by atoms with van der Waals surface area (Å²) in [5.74, 6) is -0.943. The molecular formula is C13H13ClF3NO3S. The molecule has 0 saturated carbocycles. The molecule has 1 aromatic rings. The fourth-order valence-electron chi connectivity index (χ4n) is 1.41. The van der Waals surface area contributed by atoms with Crippen molar-refractivity contribution in [1.29, 1.82) is 0 Å². The number of hydrogen-bond acceptors (Lipinski definition) is 4. The van der Waals surface area contributed by atoms with Crippen molar-refractivity contribution in [1.82, 2.24) is 0 Å². The topological polar surface area (TPSA) is 55.4 Å². The Balaban J connectivity index is 2.53. The molecule has 1 aromatic carbocycles. The number of rotatable bonds is 6. The van der Waals surface area contributed by atoms with Gasteiger partial charge in [0.15, 0.2) is 0 Å². The third-order valence-electron chi connectivity index (χ3n) is 2.33. The van der Waals surface area contributed by atoms with Crippen LogP contribution in [0.15, 0.2) is 18.2 Å². The highest BCUT2D eigenvalue weighted by molar-refractivity contribution is 8.00. The van der Waals surface area contributed by atoms with Gasteiger partial charge < -0.3 is 10.1 Å². The number of nitrogens with one attached hydrogen (secondary N) is 1. The minimum absolute atomic E-state index is 0.0159. The number of thioether (sulfide) groups is 1. The maximum absolute atomic E-state index is 12.5. The van der Waals surface area contributed by atoms with Crippen LogP contribution in [0.25, 0.3) is 0 Å². The summed E-state index contributed by atoms with van der Waals surface area (Å²) in [7, 11) is 0. The molecule has 1 amide bonds. The monoisotopic (exact) mass is 355 g/mol. The predicted molar refractivity (Wildman–Crippen MR) is 79.0 cm³/mol. The van der Waals surface area contributed by atoms with E-state index in [9.17, 15) is 22.8 Å². The zero-order chi connectivity index (χ0) is 16.8. The standard InChI is InChI=1S/C13H13ClF3NO3S/c1-2-21-12(20)7-22-6-11(19)18-10-4-3-8(5-9(10)14)13(15,16)17/h3-5H,2,6-7H2,1H3,(H,18,19). The maximum atomic E-state index is 12.5. The second-order valence-electron chi connectivity index (χ2n) is 4.04. The first-order valence-electron chi connectivity index (χ1n) is 6.14. The maximum Gasteiger partial charge on any atom is 0.416 e. The van der Waals surface area contributed by atoms with E-state index in [0.29, 0.717) is 0 Å². The molecule has 0 aliphatic heterocycles. The Morgan fingerprint density at radius 2 is 2.00 bits per heavy atom. The molecule has 0 saturated heterocycles. The van der Waals surface area contributed by atoms with Gasteiger partial charge in [-0.1, -0.05) is 11.6 Å². The number of carbonyl (C=O) groups is 2. The van der Waals surface area contributed by atoms with Crippen LogP contribution in [0.5, 0.6) is 0 Å². The number of alkyl halides is 3. The molecule has 4 nitrogen and oxygen atoms in total. The summed E-state index contributed by atoms with van der Waals surface area (Å²) in [6, 6.07) is 2.65. The fourth-order valence-corrected chi connectivity index (χ4v) is 2.25. The largest absolute Gasteiger partial charge is 0.465 e. The molecule has 0 atom stereocenters. The highest BCUT2D eigenvalue weighted by Gasteiger charge is 2.30. The van der Waals surface area contributed by atoms with Crippen molar-refractivity contribution in [3.63, 3.8) is 0 Å². The summed E-state index contributed by atoms with van der Waals surface area (Å²) in [5.41, 5.74) is -0.816. The third-order valence-corrected chi connectivity index (χ3v) is 3.55. The summed E-state index contributed by atoms with van der Waals surface area (Å²) in [5, 5.41) is 2.17. The molecule has 0 unspecified atom stereocenters. The smallest absolute Gasteiger partial charge is 0.416 e. The van der Waals surface area contributed by atoms with Crippen LogP contribution in [0, 0.1) is 0 Å². The second kappa shape index (κ2) is 8.28. The van der Waals surface area contributed by atoms with Gasteiger partial charge in [-0.3, -0.25) is 9.59 Å². The Morgan fingerprint density at radius 3 is 2.55 bits per heavy atom. The lowest BCUT2D eigenvalue weighted by Crippen LogP contribution is -2.16. The van der Waals surface area contributed by atoms with E-state index >= 15 is 0 Å². The molecule has 0 radical (unpaired) electrons. The number of amides is 1. The first-order chi connectivity index (χ1) is 10.2. The van der Waals surface area contributed by atoms with Gasteiger partial charge in [-0.05, 0) is 25.1 Å². The van der Waals surface area contributed by atoms with Gasteiger partial charge in [0.25, 0.3) is 0 Å². The van der Waals surface area contributed by atoms with E-state index in [-0.39, 0.29) is 28.8 Å². The van der Waals surface area contributed by atoms with Gasteiger partial charge >= 0.3 is 12.1 Å². The summed E-state index contributed by atoms with van der Waals surface area (Å²) >= 11 is 6.74. The number of carbonyl (C=O) groups excluding carboxylic acids is 2. The number of ether oxygens (including phenoxy) is 1. The van der Waals surface area contributed by atoms with Crippen molar-refractivity contribution in [2.45, 2.75) is 13.1 Å². The molecule has 9 heteroatoms. The molecule has 0 heterocycles. The third kappa shape index (κ3) is 6.15. The minimum atomic E-state index is -4.50. The molecule has 1 N–H and O–H groups in total. The Labute approximate surface area is 134 Å². The Hall–Kier alpha value is -1.41. The second-order valence-corrected chi connectivity index (χ2v) is 5.43. The SMILES string of the molecule is CCOC(=O)CSCC(=O)Nc1ccc(C(F)(F)F)cc1Cl. The Kier molecular flexibility index (Phi) is 7.02. The average Bonchev–Trinajstić information content (AvgIpc) is 2.40. The van der Waals surface area contributed by atoms with Crippen LogP contribution >= 0.6 is 23.4 Å². The predicted octanol–water partition coefficient (Wildman–Crippen LogP) is 3.59. The number of esters is 1. The van der Waals surface area contributed by atoms with Crippen molar-refractivity contribution in [3.05, 3.63) is 28.8 Å². The van der Waals surface area contributed by atoms with Crippen molar-refractivity contribution >= 4 is 40.9 Å². The van der Waals surface area contributed by atoms with Crippen LogP contribution in [-0.2, 0) is 20.5 Å². The summed E-state index contributed by atoms with van der Waals surface area (Å²) in [6.07, 6.45) is -4.50. The van der Waals surface area contributed by atoms with E-state index in [1.807, 2.05) is 0 Å². The van der Waals surface area contributed by atoms with Crippen LogP contribution in [-0.4, -0.2) is 30.0 Å². The summed E-state index contributed by atoms with van der Waals surface area (Å²) in [4.78, 5) is 22.7. The van der Waals surface area contributed by atoms with Gasteiger partial charge in [0.2, 0.25) is 5.91 Å². The Morgan fingerprint density at radius 1 is 1.32 bits per heavy atom.